The van der Waals surface area contributed by atoms with Gasteiger partial charge in [0, 0.05) is 12.0 Å². The lowest BCUT2D eigenvalue weighted by molar-refractivity contribution is -0.130. The van der Waals surface area contributed by atoms with Gasteiger partial charge in [-0.05, 0) is 36.5 Å². The average Bonchev–Trinajstić information content (AvgIpc) is 2.70. The summed E-state index contributed by atoms with van der Waals surface area (Å²) in [5, 5.41) is 0. The van der Waals surface area contributed by atoms with Gasteiger partial charge in [-0.1, -0.05) is 56.3 Å². The standard InChI is InChI=1S/C24H28FN3O2/c1-16(2)24(3)14-22(30)28(23(26)27-24)15-17-8-10-19(11-9-17)21(29)13-12-18-6-4-5-7-20(18)25/h4-11,16H,12-15H2,1-3H3,(H2,26,27)/t24-/m0/s1. The summed E-state index contributed by atoms with van der Waals surface area (Å²) in [7, 11) is 0. The van der Waals surface area contributed by atoms with Gasteiger partial charge in [0.2, 0.25) is 5.91 Å². The molecule has 0 saturated heterocycles. The van der Waals surface area contributed by atoms with Crippen LogP contribution in [0.4, 0.5) is 4.39 Å². The zero-order chi connectivity index (χ0) is 21.9. The number of hydrogen-bond donors (Lipinski definition) is 1. The number of carbonyl (C=O) groups excluding carboxylic acids is 2. The van der Waals surface area contributed by atoms with Crippen molar-refractivity contribution in [3.63, 3.8) is 0 Å². The van der Waals surface area contributed by atoms with E-state index in [1.54, 1.807) is 30.3 Å². The van der Waals surface area contributed by atoms with E-state index < -0.39 is 5.54 Å². The Morgan fingerprint density at radius 2 is 1.87 bits per heavy atom. The van der Waals surface area contributed by atoms with Gasteiger partial charge in [0.15, 0.2) is 11.7 Å². The van der Waals surface area contributed by atoms with Crippen molar-refractivity contribution >= 4 is 17.6 Å². The molecule has 1 atom stereocenters. The first kappa shape index (κ1) is 21.7. The van der Waals surface area contributed by atoms with Crippen LogP contribution < -0.4 is 5.73 Å². The smallest absolute Gasteiger partial charge is 0.232 e. The van der Waals surface area contributed by atoms with Crippen molar-refractivity contribution in [2.75, 3.05) is 0 Å². The van der Waals surface area contributed by atoms with E-state index in [0.29, 0.717) is 30.5 Å². The molecular weight excluding hydrogens is 381 g/mol. The highest BCUT2D eigenvalue weighted by Crippen LogP contribution is 2.30. The lowest BCUT2D eigenvalue weighted by Gasteiger charge is -2.37. The second-order valence-electron chi connectivity index (χ2n) is 8.35. The molecule has 0 unspecified atom stereocenters. The number of carbonyl (C=O) groups is 2. The molecule has 2 aromatic carbocycles. The van der Waals surface area contributed by atoms with E-state index in [1.165, 1.54) is 11.0 Å². The summed E-state index contributed by atoms with van der Waals surface area (Å²) in [6, 6.07) is 13.6. The molecule has 30 heavy (non-hydrogen) atoms. The number of Topliss-reactive ketones (excluding diaryl/α,β-unsaturated/α-hetero) is 1. The highest BCUT2D eigenvalue weighted by Gasteiger charge is 2.38. The summed E-state index contributed by atoms with van der Waals surface area (Å²) in [4.78, 5) is 31.1. The van der Waals surface area contributed by atoms with Crippen molar-refractivity contribution in [3.8, 4) is 0 Å². The molecular formula is C24H28FN3O2. The number of benzene rings is 2. The lowest BCUT2D eigenvalue weighted by atomic mass is 9.84. The average molecular weight is 410 g/mol. The Morgan fingerprint density at radius 3 is 2.47 bits per heavy atom. The first-order chi connectivity index (χ1) is 14.2. The predicted octanol–water partition coefficient (Wildman–Crippen LogP) is 4.10. The van der Waals surface area contributed by atoms with Crippen LogP contribution in [-0.2, 0) is 17.8 Å². The van der Waals surface area contributed by atoms with Gasteiger partial charge in [0.05, 0.1) is 18.5 Å². The van der Waals surface area contributed by atoms with Crippen molar-refractivity contribution in [2.24, 2.45) is 16.6 Å². The molecule has 158 valence electrons. The van der Waals surface area contributed by atoms with Crippen LogP contribution in [0.3, 0.4) is 0 Å². The van der Waals surface area contributed by atoms with Crippen LogP contribution in [0.2, 0.25) is 0 Å². The largest absolute Gasteiger partial charge is 0.369 e. The number of rotatable bonds is 7. The number of nitrogens with two attached hydrogens (primary N) is 1. The Kier molecular flexibility index (Phi) is 6.34. The third kappa shape index (κ3) is 4.75. The number of aliphatic imine (C=N–C) groups is 1. The van der Waals surface area contributed by atoms with E-state index in [0.717, 1.165) is 5.56 Å². The molecule has 0 saturated carbocycles. The second kappa shape index (κ2) is 8.78. The third-order valence-electron chi connectivity index (χ3n) is 5.90. The van der Waals surface area contributed by atoms with Crippen LogP contribution in [0.5, 0.6) is 0 Å². The zero-order valence-electron chi connectivity index (χ0n) is 17.7. The van der Waals surface area contributed by atoms with Crippen LogP contribution >= 0.6 is 0 Å². The van der Waals surface area contributed by atoms with Crippen molar-refractivity contribution in [2.45, 2.75) is 52.1 Å². The van der Waals surface area contributed by atoms with Crippen LogP contribution in [0, 0.1) is 11.7 Å². The van der Waals surface area contributed by atoms with Crippen molar-refractivity contribution in [3.05, 3.63) is 71.0 Å². The predicted molar refractivity (Wildman–Crippen MR) is 116 cm³/mol. The quantitative estimate of drug-likeness (QED) is 0.700. The van der Waals surface area contributed by atoms with Crippen LogP contribution in [-0.4, -0.2) is 28.1 Å². The topological polar surface area (TPSA) is 75.8 Å². The molecule has 6 heteroatoms. The van der Waals surface area contributed by atoms with E-state index in [2.05, 4.69) is 4.99 Å². The first-order valence-electron chi connectivity index (χ1n) is 10.2. The highest BCUT2D eigenvalue weighted by atomic mass is 19.1. The molecule has 2 aromatic rings. The Morgan fingerprint density at radius 1 is 1.20 bits per heavy atom. The Labute approximate surface area is 176 Å². The maximum atomic E-state index is 13.7. The molecule has 0 radical (unpaired) electrons. The van der Waals surface area contributed by atoms with E-state index in [4.69, 9.17) is 5.73 Å². The molecule has 0 fully saturated rings. The van der Waals surface area contributed by atoms with Crippen molar-refractivity contribution < 1.29 is 14.0 Å². The van der Waals surface area contributed by atoms with Crippen LogP contribution in [0.1, 0.15) is 55.1 Å². The zero-order valence-corrected chi connectivity index (χ0v) is 17.7. The Balaban J connectivity index is 1.64. The lowest BCUT2D eigenvalue weighted by Crippen LogP contribution is -2.51. The minimum atomic E-state index is -0.480. The Hall–Kier alpha value is -3.02. The maximum absolute atomic E-state index is 13.7. The molecule has 0 spiro atoms. The van der Waals surface area contributed by atoms with Crippen LogP contribution in [0.25, 0.3) is 0 Å². The number of amides is 1. The number of nitrogens with zero attached hydrogens (tertiary/aromatic N) is 2. The molecule has 0 aliphatic carbocycles. The molecule has 0 bridgehead atoms. The van der Waals surface area contributed by atoms with E-state index in [-0.39, 0.29) is 35.8 Å². The molecule has 2 N–H and O–H groups in total. The molecule has 5 nitrogen and oxygen atoms in total. The first-order valence-corrected chi connectivity index (χ1v) is 10.2. The highest BCUT2D eigenvalue weighted by molar-refractivity contribution is 5.99. The molecule has 1 heterocycles. The molecule has 1 amide bonds. The fourth-order valence-corrected chi connectivity index (χ4v) is 3.47. The summed E-state index contributed by atoms with van der Waals surface area (Å²) in [5.41, 5.74) is 7.57. The molecule has 1 aliphatic rings. The summed E-state index contributed by atoms with van der Waals surface area (Å²) in [5.74, 6) is 0.0420. The summed E-state index contributed by atoms with van der Waals surface area (Å²) < 4.78 is 13.7. The number of guanidine groups is 1. The van der Waals surface area contributed by atoms with E-state index in [1.807, 2.05) is 32.9 Å². The number of hydrogen-bond acceptors (Lipinski definition) is 4. The fourth-order valence-electron chi connectivity index (χ4n) is 3.47. The van der Waals surface area contributed by atoms with Crippen molar-refractivity contribution in [1.29, 1.82) is 0 Å². The SMILES string of the molecule is CC(C)[C@]1(C)CC(=O)N(Cc2ccc(C(=O)CCc3ccccc3F)cc2)C(N)=N1. The normalized spacial score (nSPS) is 19.2. The number of ketones is 1. The number of aryl methyl sites for hydroxylation is 1. The maximum Gasteiger partial charge on any atom is 0.232 e. The molecule has 3 rings (SSSR count). The summed E-state index contributed by atoms with van der Waals surface area (Å²) >= 11 is 0. The minimum absolute atomic E-state index is 0.0485. The van der Waals surface area contributed by atoms with Gasteiger partial charge < -0.3 is 5.73 Å². The molecule has 0 aromatic heterocycles. The third-order valence-corrected chi connectivity index (χ3v) is 5.90. The number of halogens is 1. The van der Waals surface area contributed by atoms with Gasteiger partial charge in [-0.2, -0.15) is 0 Å². The van der Waals surface area contributed by atoms with Gasteiger partial charge in [-0.3, -0.25) is 14.5 Å². The van der Waals surface area contributed by atoms with E-state index >= 15 is 0 Å². The van der Waals surface area contributed by atoms with Gasteiger partial charge in [-0.15, -0.1) is 0 Å². The van der Waals surface area contributed by atoms with Crippen molar-refractivity contribution in [1.82, 2.24) is 4.90 Å². The van der Waals surface area contributed by atoms with E-state index in [9.17, 15) is 14.0 Å². The monoisotopic (exact) mass is 409 g/mol. The van der Waals surface area contributed by atoms with Gasteiger partial charge in [0.1, 0.15) is 5.82 Å². The van der Waals surface area contributed by atoms with Gasteiger partial charge in [-0.25, -0.2) is 9.38 Å². The summed E-state index contributed by atoms with van der Waals surface area (Å²) in [6.07, 6.45) is 0.910. The summed E-state index contributed by atoms with van der Waals surface area (Å²) in [6.45, 7) is 6.32. The molecule has 1 aliphatic heterocycles. The van der Waals surface area contributed by atoms with Crippen LogP contribution in [0.15, 0.2) is 53.5 Å². The van der Waals surface area contributed by atoms with Gasteiger partial charge >= 0.3 is 0 Å². The second-order valence-corrected chi connectivity index (χ2v) is 8.35. The Bertz CT molecular complexity index is 969. The van der Waals surface area contributed by atoms with Gasteiger partial charge in [0.25, 0.3) is 0 Å². The fraction of sp³-hybridized carbons (Fsp3) is 0.375. The minimum Gasteiger partial charge on any atom is -0.369 e.